The summed E-state index contributed by atoms with van der Waals surface area (Å²) in [5.74, 6) is -0.594. The molecule has 332 valence electrons. The molecule has 2 atom stereocenters. The molecule has 2 fully saturated rings. The molecule has 0 aliphatic carbocycles. The number of rotatable bonds is 12. The van der Waals surface area contributed by atoms with Crippen molar-refractivity contribution in [2.24, 2.45) is 5.92 Å². The number of nitro groups is 1. The SMILES string of the molecule is O=C(NS(=O)(=O)c1ccc(NC[C@H]2COCCO2)c([N+](=O)[O-])c1)c1ccc(N2CCC(C(O)c3ccccc3-c3ccc(Cl)cc3)CC2)cc1N1CCCOc2nc3[nH]ccc3cc21. The van der Waals surface area contributed by atoms with Gasteiger partial charge in [0.1, 0.15) is 17.0 Å². The lowest BCUT2D eigenvalue weighted by molar-refractivity contribution is -0.384. The minimum Gasteiger partial charge on any atom is -0.476 e. The highest BCUT2D eigenvalue weighted by Gasteiger charge is 2.32. The summed E-state index contributed by atoms with van der Waals surface area (Å²) in [5.41, 5.74) is 4.90. The van der Waals surface area contributed by atoms with E-state index < -0.39 is 37.5 Å². The van der Waals surface area contributed by atoms with Gasteiger partial charge in [-0.1, -0.05) is 48.0 Å². The number of hydrogen-bond acceptors (Lipinski definition) is 13. The second-order valence-corrected chi connectivity index (χ2v) is 18.1. The molecule has 3 aliphatic heterocycles. The number of ether oxygens (including phenoxy) is 3. The summed E-state index contributed by atoms with van der Waals surface area (Å²) in [6.45, 7) is 3.38. The van der Waals surface area contributed by atoms with Gasteiger partial charge in [-0.15, -0.1) is 0 Å². The third-order valence-electron chi connectivity index (χ3n) is 11.9. The van der Waals surface area contributed by atoms with Crippen LogP contribution in [-0.4, -0.2) is 93.0 Å². The predicted molar refractivity (Wildman–Crippen MR) is 243 cm³/mol. The Balaban J connectivity index is 0.996. The highest BCUT2D eigenvalue weighted by Crippen LogP contribution is 2.42. The van der Waals surface area contributed by atoms with Gasteiger partial charge in [0.15, 0.2) is 0 Å². The summed E-state index contributed by atoms with van der Waals surface area (Å²) in [7, 11) is -4.62. The third-order valence-corrected chi connectivity index (χ3v) is 13.5. The van der Waals surface area contributed by atoms with Gasteiger partial charge < -0.3 is 39.4 Å². The number of carbonyl (C=O) groups is 1. The van der Waals surface area contributed by atoms with E-state index >= 15 is 0 Å². The number of nitrogens with one attached hydrogen (secondary N) is 3. The van der Waals surface area contributed by atoms with E-state index in [4.69, 9.17) is 30.8 Å². The van der Waals surface area contributed by atoms with Crippen molar-refractivity contribution in [2.45, 2.75) is 36.4 Å². The fourth-order valence-corrected chi connectivity index (χ4v) is 9.73. The molecule has 0 saturated carbocycles. The Labute approximate surface area is 374 Å². The maximum Gasteiger partial charge on any atom is 0.293 e. The van der Waals surface area contributed by atoms with Gasteiger partial charge in [0, 0.05) is 54.5 Å². The number of fused-ring (bicyclic) bond motifs is 2. The molecule has 4 N–H and O–H groups in total. The Morgan fingerprint density at radius 1 is 0.969 bits per heavy atom. The Kier molecular flexibility index (Phi) is 12.4. The number of benzene rings is 4. The molecule has 3 aliphatic rings. The number of sulfonamides is 1. The molecule has 1 amide bonds. The molecule has 2 aromatic heterocycles. The van der Waals surface area contributed by atoms with Crippen LogP contribution in [0.5, 0.6) is 5.88 Å². The normalized spacial score (nSPS) is 17.6. The minimum absolute atomic E-state index is 0.0231. The molecule has 0 spiro atoms. The van der Waals surface area contributed by atoms with Crippen molar-refractivity contribution >= 4 is 67.0 Å². The minimum atomic E-state index is -4.62. The maximum atomic E-state index is 14.3. The number of pyridine rings is 1. The summed E-state index contributed by atoms with van der Waals surface area (Å²) in [6, 6.07) is 27.9. The lowest BCUT2D eigenvalue weighted by Crippen LogP contribution is -2.36. The largest absolute Gasteiger partial charge is 0.476 e. The second-order valence-electron chi connectivity index (χ2n) is 16.0. The number of anilines is 4. The van der Waals surface area contributed by atoms with Crippen molar-refractivity contribution in [2.75, 3.05) is 67.7 Å². The number of amides is 1. The second kappa shape index (κ2) is 18.5. The van der Waals surface area contributed by atoms with E-state index in [1.165, 1.54) is 12.1 Å². The number of hydrogen-bond donors (Lipinski definition) is 4. The van der Waals surface area contributed by atoms with E-state index in [0.717, 1.165) is 33.8 Å². The highest BCUT2D eigenvalue weighted by molar-refractivity contribution is 7.90. The molecular weight excluding hydrogens is 862 g/mol. The topological polar surface area (TPSA) is 201 Å². The van der Waals surface area contributed by atoms with E-state index in [0.29, 0.717) is 93.2 Å². The fourth-order valence-electron chi connectivity index (χ4n) is 8.62. The van der Waals surface area contributed by atoms with Crippen LogP contribution < -0.4 is 24.6 Å². The van der Waals surface area contributed by atoms with Gasteiger partial charge >= 0.3 is 0 Å². The summed E-state index contributed by atoms with van der Waals surface area (Å²) in [5, 5.41) is 28.3. The first kappa shape index (κ1) is 43.0. The van der Waals surface area contributed by atoms with Crippen LogP contribution in [0.2, 0.25) is 5.02 Å². The zero-order valence-corrected chi connectivity index (χ0v) is 36.2. The van der Waals surface area contributed by atoms with Crippen molar-refractivity contribution in [3.63, 3.8) is 0 Å². The molecule has 9 rings (SSSR count). The molecule has 2 saturated heterocycles. The van der Waals surface area contributed by atoms with E-state index in [-0.39, 0.29) is 29.8 Å². The average Bonchev–Trinajstić information content (AvgIpc) is 3.68. The van der Waals surface area contributed by atoms with Crippen LogP contribution in [0.3, 0.4) is 0 Å². The molecular formula is C46H46ClN7O9S. The van der Waals surface area contributed by atoms with Gasteiger partial charge in [0.05, 0.1) is 59.7 Å². The van der Waals surface area contributed by atoms with Gasteiger partial charge in [-0.2, -0.15) is 4.98 Å². The summed E-state index contributed by atoms with van der Waals surface area (Å²) < 4.78 is 47.1. The van der Waals surface area contributed by atoms with Crippen LogP contribution in [0, 0.1) is 16.0 Å². The number of nitrogens with zero attached hydrogens (tertiary/aromatic N) is 4. The lowest BCUT2D eigenvalue weighted by Gasteiger charge is -2.37. The first-order chi connectivity index (χ1) is 31.0. The molecule has 1 unspecified atom stereocenters. The number of aliphatic hydroxyl groups is 1. The molecule has 0 bridgehead atoms. The number of carbonyl (C=O) groups excluding carboxylic acids is 1. The Morgan fingerprint density at radius 3 is 2.56 bits per heavy atom. The number of aromatic amines is 1. The van der Waals surface area contributed by atoms with Crippen LogP contribution in [-0.2, 0) is 19.5 Å². The molecule has 18 heteroatoms. The predicted octanol–water partition coefficient (Wildman–Crippen LogP) is 7.61. The molecule has 6 aromatic rings. The number of H-pyrrole nitrogens is 1. The molecule has 5 heterocycles. The lowest BCUT2D eigenvalue weighted by atomic mass is 9.84. The molecule has 16 nitrogen and oxygen atoms in total. The Hall–Kier alpha value is -6.24. The van der Waals surface area contributed by atoms with Crippen LogP contribution in [0.1, 0.15) is 41.3 Å². The Bertz CT molecular complexity index is 2790. The van der Waals surface area contributed by atoms with Gasteiger partial charge in [-0.25, -0.2) is 13.1 Å². The molecule has 64 heavy (non-hydrogen) atoms. The van der Waals surface area contributed by atoms with Gasteiger partial charge in [-0.05, 0) is 96.5 Å². The smallest absolute Gasteiger partial charge is 0.293 e. The number of nitro benzene ring substituents is 1. The van der Waals surface area contributed by atoms with Crippen LogP contribution in [0.25, 0.3) is 22.2 Å². The maximum absolute atomic E-state index is 14.3. The van der Waals surface area contributed by atoms with Gasteiger partial charge in [0.25, 0.3) is 21.6 Å². The van der Waals surface area contributed by atoms with Crippen molar-refractivity contribution in [1.29, 1.82) is 0 Å². The van der Waals surface area contributed by atoms with Crippen molar-refractivity contribution in [3.05, 3.63) is 130 Å². The van der Waals surface area contributed by atoms with Crippen LogP contribution in [0.15, 0.2) is 108 Å². The standard InChI is InChI=1S/C46H46ClN7O9S/c47-32-8-6-29(7-9-32)36-4-1-2-5-37(36)43(55)30-15-19-52(20-16-30)33-10-12-38(40(25-33)53-18-3-21-63-46-42(53)24-31-14-17-48-44(31)50-46)45(56)51-64(59,60)35-11-13-39(41(26-35)54(57)58)49-27-34-28-61-22-23-62-34/h1-2,4-14,17,24-26,30,34,43,49,55H,3,15-16,18-23,27-28H2,(H,48,50)(H,51,56)/t34-,43?/m0/s1. The van der Waals surface area contributed by atoms with Crippen molar-refractivity contribution < 1.29 is 37.5 Å². The Morgan fingerprint density at radius 2 is 1.78 bits per heavy atom. The van der Waals surface area contributed by atoms with Crippen LogP contribution >= 0.6 is 11.6 Å². The molecule has 4 aromatic carbocycles. The summed E-state index contributed by atoms with van der Waals surface area (Å²) in [4.78, 5) is 37.3. The number of halogens is 1. The van der Waals surface area contributed by atoms with Crippen molar-refractivity contribution in [3.8, 4) is 17.0 Å². The number of piperidine rings is 1. The monoisotopic (exact) mass is 907 g/mol. The van der Waals surface area contributed by atoms with Gasteiger partial charge in [0.2, 0.25) is 5.88 Å². The highest BCUT2D eigenvalue weighted by atomic mass is 35.5. The first-order valence-electron chi connectivity index (χ1n) is 21.1. The zero-order chi connectivity index (χ0) is 44.4. The average molecular weight is 908 g/mol. The van der Waals surface area contributed by atoms with Crippen LogP contribution in [0.4, 0.5) is 28.4 Å². The summed E-state index contributed by atoms with van der Waals surface area (Å²) >= 11 is 6.17. The van der Waals surface area contributed by atoms with Gasteiger partial charge in [-0.3, -0.25) is 14.9 Å². The van der Waals surface area contributed by atoms with E-state index in [1.807, 2.05) is 71.6 Å². The number of aromatic nitrogens is 2. The third kappa shape index (κ3) is 9.07. The zero-order valence-electron chi connectivity index (χ0n) is 34.6. The van der Waals surface area contributed by atoms with E-state index in [9.17, 15) is 28.4 Å². The van der Waals surface area contributed by atoms with E-state index in [2.05, 4.69) is 19.9 Å². The molecule has 0 radical (unpaired) electrons. The van der Waals surface area contributed by atoms with Crippen molar-refractivity contribution in [1.82, 2.24) is 14.7 Å². The first-order valence-corrected chi connectivity index (χ1v) is 23.0. The summed E-state index contributed by atoms with van der Waals surface area (Å²) in [6.07, 6.45) is 2.67. The fraction of sp³-hybridized carbons (Fsp3) is 0.304. The quantitative estimate of drug-likeness (QED) is 0.0691. The van der Waals surface area contributed by atoms with E-state index in [1.54, 1.807) is 18.3 Å². The number of aliphatic hydroxyl groups excluding tert-OH is 1.